The SMILES string of the molecule is Cn1c(N)nc2c(c1=O)n(C)c[n+]2COCCCO. The molecule has 0 aromatic carbocycles. The van der Waals surface area contributed by atoms with E-state index in [1.54, 1.807) is 29.6 Å². The normalized spacial score (nSPS) is 11.3. The molecule has 2 rings (SSSR count). The van der Waals surface area contributed by atoms with Gasteiger partial charge in [0, 0.05) is 13.7 Å². The summed E-state index contributed by atoms with van der Waals surface area (Å²) >= 11 is 0. The van der Waals surface area contributed by atoms with Crippen LogP contribution in [0.4, 0.5) is 5.95 Å². The van der Waals surface area contributed by atoms with Crippen molar-refractivity contribution in [3.8, 4) is 0 Å². The number of aryl methyl sites for hydroxylation is 1. The van der Waals surface area contributed by atoms with Gasteiger partial charge >= 0.3 is 11.2 Å². The molecule has 0 amide bonds. The van der Waals surface area contributed by atoms with Gasteiger partial charge in [0.25, 0.3) is 5.95 Å². The second kappa shape index (κ2) is 5.37. The Morgan fingerprint density at radius 3 is 2.95 bits per heavy atom. The minimum atomic E-state index is -0.195. The molecule has 0 radical (unpaired) electrons. The van der Waals surface area contributed by atoms with Crippen LogP contribution in [-0.2, 0) is 25.6 Å². The molecule has 3 N–H and O–H groups in total. The van der Waals surface area contributed by atoms with Crippen LogP contribution in [0.3, 0.4) is 0 Å². The molecule has 0 saturated heterocycles. The molecule has 0 aliphatic heterocycles. The number of nitrogens with two attached hydrogens (primary N) is 1. The zero-order valence-corrected chi connectivity index (χ0v) is 11.0. The van der Waals surface area contributed by atoms with Crippen LogP contribution >= 0.6 is 0 Å². The highest BCUT2D eigenvalue weighted by Gasteiger charge is 2.21. The first-order chi connectivity index (χ1) is 9.06. The van der Waals surface area contributed by atoms with Crippen molar-refractivity contribution in [3.63, 3.8) is 0 Å². The summed E-state index contributed by atoms with van der Waals surface area (Å²) in [5, 5.41) is 8.68. The minimum Gasteiger partial charge on any atom is -0.396 e. The minimum absolute atomic E-state index is 0.0892. The first-order valence-electron chi connectivity index (χ1n) is 5.96. The van der Waals surface area contributed by atoms with Crippen molar-refractivity contribution >= 4 is 17.1 Å². The van der Waals surface area contributed by atoms with Crippen LogP contribution in [0.2, 0.25) is 0 Å². The van der Waals surface area contributed by atoms with Crippen molar-refractivity contribution in [1.29, 1.82) is 0 Å². The fraction of sp³-hybridized carbons (Fsp3) is 0.545. The van der Waals surface area contributed by atoms with Crippen molar-refractivity contribution < 1.29 is 14.4 Å². The van der Waals surface area contributed by atoms with Gasteiger partial charge in [0.05, 0.1) is 13.7 Å². The number of nitrogens with zero attached hydrogens (tertiary/aromatic N) is 4. The van der Waals surface area contributed by atoms with Crippen LogP contribution in [0.25, 0.3) is 11.2 Å². The van der Waals surface area contributed by atoms with E-state index in [1.165, 1.54) is 4.57 Å². The van der Waals surface area contributed by atoms with Gasteiger partial charge in [0.1, 0.15) is 0 Å². The molecular formula is C11H18N5O3+. The third-order valence-corrected chi connectivity index (χ3v) is 2.90. The molecule has 8 heteroatoms. The molecule has 0 unspecified atom stereocenters. The highest BCUT2D eigenvalue weighted by molar-refractivity contribution is 5.67. The molecule has 0 spiro atoms. The van der Waals surface area contributed by atoms with E-state index in [2.05, 4.69) is 4.98 Å². The van der Waals surface area contributed by atoms with E-state index in [4.69, 9.17) is 15.6 Å². The lowest BCUT2D eigenvalue weighted by molar-refractivity contribution is -0.711. The quantitative estimate of drug-likeness (QED) is 0.508. The number of hydrogen-bond acceptors (Lipinski definition) is 5. The molecule has 0 bridgehead atoms. The van der Waals surface area contributed by atoms with E-state index in [0.29, 0.717) is 24.2 Å². The Labute approximate surface area is 109 Å². The Morgan fingerprint density at radius 2 is 2.26 bits per heavy atom. The van der Waals surface area contributed by atoms with Gasteiger partial charge in [-0.3, -0.25) is 13.9 Å². The third-order valence-electron chi connectivity index (χ3n) is 2.90. The van der Waals surface area contributed by atoms with E-state index < -0.39 is 0 Å². The average molecular weight is 268 g/mol. The third kappa shape index (κ3) is 2.45. The van der Waals surface area contributed by atoms with Gasteiger partial charge in [-0.25, -0.2) is 4.57 Å². The van der Waals surface area contributed by atoms with Crippen molar-refractivity contribution in [1.82, 2.24) is 14.1 Å². The standard InChI is InChI=1S/C11H17N5O3/c1-14-6-16(7-19-5-3-4-17)9-8(14)10(18)15(2)11(12)13-9/h6,17H,3-5,7H2,1-2H3,(H-,12,13,18)/p+1. The summed E-state index contributed by atoms with van der Waals surface area (Å²) in [7, 11) is 3.35. The van der Waals surface area contributed by atoms with Crippen molar-refractivity contribution in [2.75, 3.05) is 18.9 Å². The number of hydrogen-bond donors (Lipinski definition) is 2. The Balaban J connectivity index is 2.39. The predicted molar refractivity (Wildman–Crippen MR) is 68.2 cm³/mol. The van der Waals surface area contributed by atoms with Gasteiger partial charge < -0.3 is 15.6 Å². The van der Waals surface area contributed by atoms with Crippen molar-refractivity contribution in [2.24, 2.45) is 14.1 Å². The van der Waals surface area contributed by atoms with Gasteiger partial charge in [0.15, 0.2) is 13.1 Å². The zero-order chi connectivity index (χ0) is 14.0. The van der Waals surface area contributed by atoms with Crippen molar-refractivity contribution in [2.45, 2.75) is 13.2 Å². The number of ether oxygens (including phenoxy) is 1. The van der Waals surface area contributed by atoms with Crippen LogP contribution in [-0.4, -0.2) is 32.4 Å². The second-order valence-electron chi connectivity index (χ2n) is 4.32. The monoisotopic (exact) mass is 268 g/mol. The maximum atomic E-state index is 12.1. The van der Waals surface area contributed by atoms with E-state index in [0.717, 1.165) is 0 Å². The lowest BCUT2D eigenvalue weighted by atomic mass is 10.5. The van der Waals surface area contributed by atoms with Crippen LogP contribution in [0.5, 0.6) is 0 Å². The van der Waals surface area contributed by atoms with Crippen LogP contribution in [0.1, 0.15) is 6.42 Å². The lowest BCUT2D eigenvalue weighted by Crippen LogP contribution is -2.36. The molecule has 8 nitrogen and oxygen atoms in total. The highest BCUT2D eigenvalue weighted by atomic mass is 16.5. The van der Waals surface area contributed by atoms with E-state index in [9.17, 15) is 4.79 Å². The van der Waals surface area contributed by atoms with E-state index >= 15 is 0 Å². The zero-order valence-electron chi connectivity index (χ0n) is 11.0. The van der Waals surface area contributed by atoms with Crippen LogP contribution in [0, 0.1) is 0 Å². The number of fused-ring (bicyclic) bond motifs is 1. The molecule has 104 valence electrons. The number of imidazole rings is 1. The first kappa shape index (κ1) is 13.5. The Kier molecular flexibility index (Phi) is 3.82. The number of aromatic nitrogens is 4. The summed E-state index contributed by atoms with van der Waals surface area (Å²) in [6.07, 6.45) is 2.31. The van der Waals surface area contributed by atoms with Gasteiger partial charge in [-0.05, 0) is 6.42 Å². The highest BCUT2D eigenvalue weighted by Crippen LogP contribution is 2.04. The molecule has 0 atom stereocenters. The number of anilines is 1. The van der Waals surface area contributed by atoms with Gasteiger partial charge in [-0.15, -0.1) is 0 Å². The number of nitrogen functional groups attached to an aromatic ring is 1. The average Bonchev–Trinajstić information content (AvgIpc) is 2.68. The van der Waals surface area contributed by atoms with Crippen LogP contribution in [0.15, 0.2) is 11.1 Å². The maximum Gasteiger partial charge on any atom is 0.313 e. The van der Waals surface area contributed by atoms with Gasteiger partial charge in [-0.2, -0.15) is 0 Å². The second-order valence-corrected chi connectivity index (χ2v) is 4.32. The summed E-state index contributed by atoms with van der Waals surface area (Å²) < 4.78 is 10.1. The van der Waals surface area contributed by atoms with E-state index in [-0.39, 0.29) is 24.8 Å². The molecule has 2 aromatic rings. The van der Waals surface area contributed by atoms with Gasteiger partial charge in [-0.1, -0.05) is 4.98 Å². The first-order valence-corrected chi connectivity index (χ1v) is 5.96. The number of rotatable bonds is 5. The number of aliphatic hydroxyl groups excluding tert-OH is 1. The van der Waals surface area contributed by atoms with Crippen LogP contribution < -0.4 is 15.9 Å². The van der Waals surface area contributed by atoms with Gasteiger partial charge in [0.2, 0.25) is 5.52 Å². The fourth-order valence-electron chi connectivity index (χ4n) is 1.85. The Morgan fingerprint density at radius 1 is 1.53 bits per heavy atom. The summed E-state index contributed by atoms with van der Waals surface area (Å²) in [6.45, 7) is 0.795. The maximum absolute atomic E-state index is 12.1. The summed E-state index contributed by atoms with van der Waals surface area (Å²) in [4.78, 5) is 16.3. The molecule has 0 aliphatic carbocycles. The largest absolute Gasteiger partial charge is 0.396 e. The van der Waals surface area contributed by atoms with Crippen molar-refractivity contribution in [3.05, 3.63) is 16.7 Å². The molecule has 0 fully saturated rings. The molecule has 2 heterocycles. The molecular weight excluding hydrogens is 250 g/mol. The Bertz CT molecular complexity index is 646. The topological polar surface area (TPSA) is 99.2 Å². The lowest BCUT2D eigenvalue weighted by Gasteiger charge is -2.01. The summed E-state index contributed by atoms with van der Waals surface area (Å²) in [5.41, 5.74) is 6.47. The molecule has 2 aromatic heterocycles. The Hall–Kier alpha value is -1.93. The van der Waals surface area contributed by atoms with E-state index in [1.807, 2.05) is 0 Å². The number of aliphatic hydroxyl groups is 1. The molecule has 19 heavy (non-hydrogen) atoms. The molecule has 0 saturated carbocycles. The summed E-state index contributed by atoms with van der Waals surface area (Å²) in [5.74, 6) is 0.160. The smallest absolute Gasteiger partial charge is 0.313 e. The molecule has 0 aliphatic rings. The predicted octanol–water partition coefficient (Wildman–Crippen LogP) is -1.50. The fourth-order valence-corrected chi connectivity index (χ4v) is 1.85. The summed E-state index contributed by atoms with van der Waals surface area (Å²) in [6, 6.07) is 0.